The Kier molecular flexibility index (Phi) is 6.38. The van der Waals surface area contributed by atoms with Crippen LogP contribution in [0.25, 0.3) is 43.8 Å². The van der Waals surface area contributed by atoms with Gasteiger partial charge in [-0.1, -0.05) is 109 Å². The van der Waals surface area contributed by atoms with Crippen molar-refractivity contribution < 1.29 is 25.6 Å². The molecule has 0 aliphatic rings. The zero-order valence-corrected chi connectivity index (χ0v) is 22.5. The molecule has 6 aromatic carbocycles. The Labute approximate surface area is 232 Å². The van der Waals surface area contributed by atoms with Gasteiger partial charge in [-0.3, -0.25) is 0 Å². The zero-order chi connectivity index (χ0) is 27.9. The van der Waals surface area contributed by atoms with Crippen molar-refractivity contribution >= 4 is 41.8 Å². The topological polar surface area (TPSA) is 101 Å². The summed E-state index contributed by atoms with van der Waals surface area (Å²) in [5, 5.41) is 1.85. The number of fused-ring (bicyclic) bond motifs is 2. The van der Waals surface area contributed by atoms with Gasteiger partial charge in [0.15, 0.2) is 5.75 Å². The molecule has 198 valence electrons. The van der Waals surface area contributed by atoms with Gasteiger partial charge < -0.3 is 8.74 Å². The molecule has 6 nitrogen and oxygen atoms in total. The van der Waals surface area contributed by atoms with Crippen LogP contribution in [0.2, 0.25) is 0 Å². The molecule has 6 aromatic rings. The predicted octanol–water partition coefficient (Wildman–Crippen LogP) is 7.00. The molecule has 0 N–H and O–H groups in total. The van der Waals surface area contributed by atoms with Gasteiger partial charge in [-0.05, 0) is 40.1 Å². The van der Waals surface area contributed by atoms with Gasteiger partial charge in [0.2, 0.25) is 0 Å². The lowest BCUT2D eigenvalue weighted by Gasteiger charge is -2.20. The first kappa shape index (κ1) is 25.8. The predicted molar refractivity (Wildman–Crippen MR) is 155 cm³/mol. The van der Waals surface area contributed by atoms with Gasteiger partial charge in [-0.25, -0.2) is 8.42 Å². The van der Waals surface area contributed by atoms with Gasteiger partial charge >= 0.3 is 10.1 Å². The van der Waals surface area contributed by atoms with Crippen molar-refractivity contribution in [3.8, 4) is 28.0 Å². The molecule has 0 aromatic heterocycles. The molecule has 0 aliphatic heterocycles. The van der Waals surface area contributed by atoms with Crippen LogP contribution in [0.1, 0.15) is 0 Å². The Morgan fingerprint density at radius 3 is 1.75 bits per heavy atom. The fraction of sp³-hybridized carbons (Fsp3) is 0. The average Bonchev–Trinajstić information content (AvgIpc) is 2.96. The Hall–Kier alpha value is -4.50. The van der Waals surface area contributed by atoms with Gasteiger partial charge in [0.1, 0.15) is 15.0 Å². The van der Waals surface area contributed by atoms with E-state index >= 15 is 0 Å². The maximum absolute atomic E-state index is 14.4. The van der Waals surface area contributed by atoms with Gasteiger partial charge in [-0.2, -0.15) is 8.42 Å². The van der Waals surface area contributed by atoms with Crippen LogP contribution in [0, 0.1) is 0 Å². The molecule has 6 rings (SSSR count). The first-order valence-electron chi connectivity index (χ1n) is 12.3. The highest BCUT2D eigenvalue weighted by molar-refractivity contribution is 7.87. The summed E-state index contributed by atoms with van der Waals surface area (Å²) in [7, 11) is -9.34. The highest BCUT2D eigenvalue weighted by Crippen LogP contribution is 2.43. The third-order valence-corrected chi connectivity index (χ3v) is 8.93. The number of hydrogen-bond donors (Lipinski definition) is 0. The molecular formula is C32H21O6S2-. The van der Waals surface area contributed by atoms with Crippen molar-refractivity contribution in [2.24, 2.45) is 0 Å². The van der Waals surface area contributed by atoms with Crippen molar-refractivity contribution in [3.63, 3.8) is 0 Å². The summed E-state index contributed by atoms with van der Waals surface area (Å²) < 4.78 is 70.2. The summed E-state index contributed by atoms with van der Waals surface area (Å²) in [5.41, 5.74) is 2.32. The molecule has 0 bridgehead atoms. The average molecular weight is 566 g/mol. The van der Waals surface area contributed by atoms with Crippen LogP contribution >= 0.6 is 0 Å². The van der Waals surface area contributed by atoms with E-state index in [4.69, 9.17) is 4.18 Å². The van der Waals surface area contributed by atoms with E-state index in [2.05, 4.69) is 0 Å². The quantitative estimate of drug-likeness (QED) is 0.159. The van der Waals surface area contributed by atoms with Gasteiger partial charge in [-0.15, -0.1) is 0 Å². The second-order valence-corrected chi connectivity index (χ2v) is 12.0. The van der Waals surface area contributed by atoms with Crippen LogP contribution in [-0.2, 0) is 20.2 Å². The minimum absolute atomic E-state index is 0.0202. The van der Waals surface area contributed by atoms with Crippen LogP contribution in [0.4, 0.5) is 0 Å². The molecule has 0 unspecified atom stereocenters. The SMILES string of the molecule is O=S(=O)([O-])c1ccc(OS(=O)(=O)c2c(-c3ccccc3)cc3ccccc3c2-c2ccccc2)c2ccccc12. The van der Waals surface area contributed by atoms with Gasteiger partial charge in [0.05, 0.1) is 4.90 Å². The van der Waals surface area contributed by atoms with Gasteiger partial charge in [0, 0.05) is 21.9 Å². The standard InChI is InChI=1S/C32H22O6S2/c33-39(34,35)30-20-19-29(26-17-9-10-18-27(26)30)38-40(36,37)32-28(22-11-3-1-4-12-22)21-24-15-7-8-16-25(24)31(32)23-13-5-2-6-14-23/h1-21H,(H,33,34,35)/p-1. The van der Waals surface area contributed by atoms with Crippen LogP contribution in [0.15, 0.2) is 137 Å². The molecule has 0 aliphatic carbocycles. The van der Waals surface area contributed by atoms with Crippen LogP contribution < -0.4 is 4.18 Å². The zero-order valence-electron chi connectivity index (χ0n) is 20.9. The maximum atomic E-state index is 14.4. The largest absolute Gasteiger partial charge is 0.744 e. The lowest BCUT2D eigenvalue weighted by molar-refractivity contribution is 0.464. The minimum Gasteiger partial charge on any atom is -0.744 e. The highest BCUT2D eigenvalue weighted by Gasteiger charge is 2.29. The Bertz CT molecular complexity index is 2110. The molecule has 0 saturated carbocycles. The van der Waals surface area contributed by atoms with Crippen LogP contribution in [0.5, 0.6) is 5.75 Å². The Morgan fingerprint density at radius 1 is 0.550 bits per heavy atom. The maximum Gasteiger partial charge on any atom is 0.340 e. The van der Waals surface area contributed by atoms with E-state index in [9.17, 15) is 21.4 Å². The third-order valence-electron chi connectivity index (χ3n) is 6.71. The van der Waals surface area contributed by atoms with Crippen molar-refractivity contribution in [2.45, 2.75) is 9.79 Å². The molecule has 0 radical (unpaired) electrons. The fourth-order valence-electron chi connectivity index (χ4n) is 5.01. The van der Waals surface area contributed by atoms with E-state index in [1.165, 1.54) is 18.2 Å². The first-order valence-corrected chi connectivity index (χ1v) is 15.1. The van der Waals surface area contributed by atoms with Crippen molar-refractivity contribution in [2.75, 3.05) is 0 Å². The van der Waals surface area contributed by atoms with Crippen molar-refractivity contribution in [3.05, 3.63) is 127 Å². The molecular weight excluding hydrogens is 544 g/mol. The summed E-state index contributed by atoms with van der Waals surface area (Å²) in [6.07, 6.45) is 0. The second-order valence-electron chi connectivity index (χ2n) is 9.18. The van der Waals surface area contributed by atoms with E-state index in [1.54, 1.807) is 12.1 Å². The van der Waals surface area contributed by atoms with Gasteiger partial charge in [0.25, 0.3) is 0 Å². The lowest BCUT2D eigenvalue weighted by Crippen LogP contribution is -2.14. The number of rotatable bonds is 6. The third kappa shape index (κ3) is 4.62. The molecule has 40 heavy (non-hydrogen) atoms. The van der Waals surface area contributed by atoms with E-state index in [0.717, 1.165) is 16.8 Å². The van der Waals surface area contributed by atoms with E-state index in [0.29, 0.717) is 22.3 Å². The highest BCUT2D eigenvalue weighted by atomic mass is 32.2. The number of benzene rings is 6. The summed E-state index contributed by atoms with van der Waals surface area (Å²) >= 11 is 0. The molecule has 8 heteroatoms. The van der Waals surface area contributed by atoms with E-state index in [-0.39, 0.29) is 21.4 Å². The molecule has 0 fully saturated rings. The second kappa shape index (κ2) is 9.91. The van der Waals surface area contributed by atoms with Crippen LogP contribution in [-0.4, -0.2) is 21.4 Å². The summed E-state index contributed by atoms with van der Waals surface area (Å²) in [6.45, 7) is 0. The molecule has 0 atom stereocenters. The minimum atomic E-state index is -4.81. The fourth-order valence-corrected chi connectivity index (χ4v) is 7.08. The van der Waals surface area contributed by atoms with Crippen molar-refractivity contribution in [1.82, 2.24) is 0 Å². The lowest BCUT2D eigenvalue weighted by atomic mass is 9.93. The molecule has 0 heterocycles. The Morgan fingerprint density at radius 2 is 1.10 bits per heavy atom. The van der Waals surface area contributed by atoms with E-state index in [1.807, 2.05) is 91.0 Å². The normalized spacial score (nSPS) is 12.0. The molecule has 0 saturated heterocycles. The first-order chi connectivity index (χ1) is 19.2. The molecule has 0 amide bonds. The molecule has 0 spiro atoms. The number of hydrogen-bond acceptors (Lipinski definition) is 6. The van der Waals surface area contributed by atoms with Crippen molar-refractivity contribution in [1.29, 1.82) is 0 Å². The summed E-state index contributed by atoms with van der Waals surface area (Å²) in [6, 6.07) is 36.2. The summed E-state index contributed by atoms with van der Waals surface area (Å²) in [5.74, 6) is -0.0887. The summed E-state index contributed by atoms with van der Waals surface area (Å²) in [4.78, 5) is -0.471. The van der Waals surface area contributed by atoms with E-state index < -0.39 is 25.1 Å². The van der Waals surface area contributed by atoms with Crippen LogP contribution in [0.3, 0.4) is 0 Å². The Balaban J connectivity index is 1.66. The smallest absolute Gasteiger partial charge is 0.340 e. The monoisotopic (exact) mass is 565 g/mol.